The number of amides is 1. The van der Waals surface area contributed by atoms with Gasteiger partial charge in [-0.15, -0.1) is 11.3 Å². The summed E-state index contributed by atoms with van der Waals surface area (Å²) in [6.07, 6.45) is 0.350. The minimum absolute atomic E-state index is 0.0162. The molecule has 2 rings (SSSR count). The molecule has 0 radical (unpaired) electrons. The van der Waals surface area contributed by atoms with Gasteiger partial charge in [0.05, 0.1) is 11.4 Å². The maximum Gasteiger partial charge on any atom is 0.222 e. The number of carbonyl (C=O) groups is 2. The van der Waals surface area contributed by atoms with Crippen LogP contribution in [0.4, 0.5) is 4.39 Å². The summed E-state index contributed by atoms with van der Waals surface area (Å²) in [6.45, 7) is 2.47. The Bertz CT molecular complexity index is 714. The van der Waals surface area contributed by atoms with Crippen molar-refractivity contribution in [2.24, 2.45) is 0 Å². The van der Waals surface area contributed by atoms with E-state index >= 15 is 0 Å². The number of rotatable bonds is 8. The van der Waals surface area contributed by atoms with Crippen LogP contribution in [-0.4, -0.2) is 36.8 Å². The molecule has 0 bridgehead atoms. The lowest BCUT2D eigenvalue weighted by Gasteiger charge is -2.17. The minimum Gasteiger partial charge on any atom is -0.489 e. The fourth-order valence-corrected chi connectivity index (χ4v) is 2.93. The standard InChI is InChI=1S/C18H20FNO3S/c1-13-7-9-17(24-13)15(21)8-10-18(22)20(2)11-12-23-16-6-4-3-5-14(16)19/h3-7,9H,8,10-12H2,1-2H3. The number of likely N-dealkylation sites (N-methyl/N-ethyl adjacent to an activating group) is 1. The summed E-state index contributed by atoms with van der Waals surface area (Å²) in [5.74, 6) is -0.406. The van der Waals surface area contributed by atoms with Gasteiger partial charge in [-0.3, -0.25) is 9.59 Å². The Labute approximate surface area is 144 Å². The van der Waals surface area contributed by atoms with Crippen molar-refractivity contribution in [1.29, 1.82) is 0 Å². The zero-order chi connectivity index (χ0) is 17.5. The average Bonchev–Trinajstić information content (AvgIpc) is 3.00. The van der Waals surface area contributed by atoms with E-state index in [1.165, 1.54) is 22.3 Å². The number of para-hydroxylation sites is 1. The van der Waals surface area contributed by atoms with Gasteiger partial charge in [-0.05, 0) is 31.2 Å². The van der Waals surface area contributed by atoms with Crippen LogP contribution in [0.1, 0.15) is 27.4 Å². The molecule has 4 nitrogen and oxygen atoms in total. The van der Waals surface area contributed by atoms with Crippen LogP contribution in [0, 0.1) is 12.7 Å². The highest BCUT2D eigenvalue weighted by atomic mass is 32.1. The smallest absolute Gasteiger partial charge is 0.222 e. The van der Waals surface area contributed by atoms with Gasteiger partial charge in [0.2, 0.25) is 5.91 Å². The molecule has 2 aromatic rings. The summed E-state index contributed by atoms with van der Waals surface area (Å²) in [4.78, 5) is 27.3. The normalized spacial score (nSPS) is 10.5. The second kappa shape index (κ2) is 8.59. The van der Waals surface area contributed by atoms with Crippen LogP contribution in [0.3, 0.4) is 0 Å². The van der Waals surface area contributed by atoms with E-state index in [4.69, 9.17) is 4.74 Å². The molecule has 128 valence electrons. The van der Waals surface area contributed by atoms with E-state index in [1.54, 1.807) is 31.3 Å². The molecule has 0 spiro atoms. The van der Waals surface area contributed by atoms with Crippen molar-refractivity contribution < 1.29 is 18.7 Å². The Balaban J connectivity index is 1.72. The molecule has 0 N–H and O–H groups in total. The van der Waals surface area contributed by atoms with Crippen molar-refractivity contribution in [1.82, 2.24) is 4.90 Å². The number of hydrogen-bond acceptors (Lipinski definition) is 4. The quantitative estimate of drug-likeness (QED) is 0.683. The van der Waals surface area contributed by atoms with E-state index in [0.29, 0.717) is 11.4 Å². The van der Waals surface area contributed by atoms with Crippen molar-refractivity contribution in [3.8, 4) is 5.75 Å². The number of halogens is 1. The van der Waals surface area contributed by atoms with E-state index in [-0.39, 0.29) is 36.9 Å². The van der Waals surface area contributed by atoms with Gasteiger partial charge in [-0.25, -0.2) is 4.39 Å². The number of Topliss-reactive ketones (excluding diaryl/α,β-unsaturated/α-hetero) is 1. The molecule has 0 saturated heterocycles. The molecule has 1 amide bonds. The summed E-state index contributed by atoms with van der Waals surface area (Å²) in [5, 5.41) is 0. The second-order valence-electron chi connectivity index (χ2n) is 5.43. The molecular formula is C18H20FNO3S. The zero-order valence-electron chi connectivity index (χ0n) is 13.8. The van der Waals surface area contributed by atoms with Gasteiger partial charge in [0.15, 0.2) is 17.3 Å². The number of thiophene rings is 1. The molecule has 0 saturated carbocycles. The predicted molar refractivity (Wildman–Crippen MR) is 92.2 cm³/mol. The highest BCUT2D eigenvalue weighted by Crippen LogP contribution is 2.18. The third-order valence-corrected chi connectivity index (χ3v) is 4.57. The van der Waals surface area contributed by atoms with E-state index in [2.05, 4.69) is 0 Å². The Morgan fingerprint density at radius 3 is 2.58 bits per heavy atom. The third kappa shape index (κ3) is 5.16. The number of hydrogen-bond donors (Lipinski definition) is 0. The monoisotopic (exact) mass is 349 g/mol. The van der Waals surface area contributed by atoms with Crippen LogP contribution in [0.25, 0.3) is 0 Å². The number of ketones is 1. The molecule has 0 aliphatic carbocycles. The summed E-state index contributed by atoms with van der Waals surface area (Å²) in [7, 11) is 1.65. The summed E-state index contributed by atoms with van der Waals surface area (Å²) >= 11 is 1.44. The molecule has 1 aromatic heterocycles. The lowest BCUT2D eigenvalue weighted by molar-refractivity contribution is -0.130. The highest BCUT2D eigenvalue weighted by molar-refractivity contribution is 7.14. The molecule has 1 aromatic carbocycles. The van der Waals surface area contributed by atoms with Crippen LogP contribution in [0.5, 0.6) is 5.75 Å². The topological polar surface area (TPSA) is 46.6 Å². The van der Waals surface area contributed by atoms with Gasteiger partial charge < -0.3 is 9.64 Å². The first-order valence-electron chi connectivity index (χ1n) is 7.68. The maximum absolute atomic E-state index is 13.4. The summed E-state index contributed by atoms with van der Waals surface area (Å²) < 4.78 is 18.7. The largest absolute Gasteiger partial charge is 0.489 e. The molecular weight excluding hydrogens is 329 g/mol. The van der Waals surface area contributed by atoms with Gasteiger partial charge in [0.25, 0.3) is 0 Å². The highest BCUT2D eigenvalue weighted by Gasteiger charge is 2.14. The third-order valence-electron chi connectivity index (χ3n) is 3.53. The molecule has 0 aliphatic heterocycles. The molecule has 0 unspecified atom stereocenters. The number of benzene rings is 1. The van der Waals surface area contributed by atoms with Gasteiger partial charge in [-0.2, -0.15) is 0 Å². The van der Waals surface area contributed by atoms with Crippen molar-refractivity contribution in [3.63, 3.8) is 0 Å². The first-order chi connectivity index (χ1) is 11.5. The molecule has 0 aliphatic rings. The average molecular weight is 349 g/mol. The van der Waals surface area contributed by atoms with E-state index in [0.717, 1.165) is 4.88 Å². The number of ether oxygens (including phenoxy) is 1. The van der Waals surface area contributed by atoms with E-state index in [9.17, 15) is 14.0 Å². The van der Waals surface area contributed by atoms with Crippen LogP contribution in [-0.2, 0) is 4.79 Å². The van der Waals surface area contributed by atoms with Crippen molar-refractivity contribution >= 4 is 23.0 Å². The van der Waals surface area contributed by atoms with Crippen LogP contribution in [0.15, 0.2) is 36.4 Å². The lowest BCUT2D eigenvalue weighted by Crippen LogP contribution is -2.31. The molecule has 1 heterocycles. The SMILES string of the molecule is Cc1ccc(C(=O)CCC(=O)N(C)CCOc2ccccc2F)s1. The number of aryl methyl sites for hydroxylation is 1. The van der Waals surface area contributed by atoms with Gasteiger partial charge in [0, 0.05) is 24.8 Å². The Kier molecular flexibility index (Phi) is 6.49. The van der Waals surface area contributed by atoms with E-state index in [1.807, 2.05) is 13.0 Å². The van der Waals surface area contributed by atoms with Gasteiger partial charge in [0.1, 0.15) is 6.61 Å². The molecule has 0 fully saturated rings. The number of carbonyl (C=O) groups excluding carboxylic acids is 2. The van der Waals surface area contributed by atoms with Crippen molar-refractivity contribution in [2.45, 2.75) is 19.8 Å². The molecule has 6 heteroatoms. The first kappa shape index (κ1) is 18.1. The van der Waals surface area contributed by atoms with Crippen LogP contribution in [0.2, 0.25) is 0 Å². The zero-order valence-corrected chi connectivity index (χ0v) is 14.6. The summed E-state index contributed by atoms with van der Waals surface area (Å²) in [6, 6.07) is 9.82. The lowest BCUT2D eigenvalue weighted by atomic mass is 10.2. The summed E-state index contributed by atoms with van der Waals surface area (Å²) in [5.41, 5.74) is 0. The van der Waals surface area contributed by atoms with Crippen molar-refractivity contribution in [3.05, 3.63) is 52.0 Å². The van der Waals surface area contributed by atoms with Gasteiger partial charge in [-0.1, -0.05) is 12.1 Å². The van der Waals surface area contributed by atoms with Crippen molar-refractivity contribution in [2.75, 3.05) is 20.2 Å². The fraction of sp³-hybridized carbons (Fsp3) is 0.333. The predicted octanol–water partition coefficient (Wildman–Crippen LogP) is 3.70. The van der Waals surface area contributed by atoms with E-state index < -0.39 is 5.82 Å². The van der Waals surface area contributed by atoms with Gasteiger partial charge >= 0.3 is 0 Å². The Hall–Kier alpha value is -2.21. The number of nitrogens with zero attached hydrogens (tertiary/aromatic N) is 1. The maximum atomic E-state index is 13.4. The second-order valence-corrected chi connectivity index (χ2v) is 6.72. The fourth-order valence-electron chi connectivity index (χ4n) is 2.10. The molecule has 0 atom stereocenters. The van der Waals surface area contributed by atoms with Crippen LogP contribution < -0.4 is 4.74 Å². The minimum atomic E-state index is -0.427. The Morgan fingerprint density at radius 2 is 1.92 bits per heavy atom. The molecule has 24 heavy (non-hydrogen) atoms. The Morgan fingerprint density at radius 1 is 1.17 bits per heavy atom. The first-order valence-corrected chi connectivity index (χ1v) is 8.50. The van der Waals surface area contributed by atoms with Crippen LogP contribution >= 0.6 is 11.3 Å².